The zero-order valence-corrected chi connectivity index (χ0v) is 13.0. The molecule has 0 spiro atoms. The zero-order chi connectivity index (χ0) is 15.3. The van der Waals surface area contributed by atoms with Crippen molar-refractivity contribution in [3.8, 4) is 5.75 Å². The number of aryl methyl sites for hydroxylation is 1. The Labute approximate surface area is 130 Å². The lowest BCUT2D eigenvalue weighted by atomic mass is 10.0. The lowest BCUT2D eigenvalue weighted by Crippen LogP contribution is -2.39. The summed E-state index contributed by atoms with van der Waals surface area (Å²) in [5.41, 5.74) is 3.04. The van der Waals surface area contributed by atoms with Crippen LogP contribution < -0.4 is 9.08 Å². The summed E-state index contributed by atoms with van der Waals surface area (Å²) in [7, 11) is -3.74. The van der Waals surface area contributed by atoms with Crippen LogP contribution in [0, 0.1) is 6.92 Å². The molecule has 0 aliphatic carbocycles. The number of para-hydroxylation sites is 1. The van der Waals surface area contributed by atoms with E-state index in [1.54, 1.807) is 6.07 Å². The van der Waals surface area contributed by atoms with Gasteiger partial charge in [0, 0.05) is 17.8 Å². The summed E-state index contributed by atoms with van der Waals surface area (Å²) < 4.78 is 31.5. The minimum atomic E-state index is -3.74. The smallest absolute Gasteiger partial charge is 0.370 e. The summed E-state index contributed by atoms with van der Waals surface area (Å²) in [5.74, 6) is 0.455. The quantitative estimate of drug-likeness (QED) is 0.811. The van der Waals surface area contributed by atoms with E-state index in [2.05, 4.69) is 4.90 Å². The van der Waals surface area contributed by atoms with Crippen LogP contribution in [0.3, 0.4) is 0 Å². The molecule has 4 rings (SSSR count). The second-order valence-electron chi connectivity index (χ2n) is 5.63. The molecule has 0 bridgehead atoms. The number of hydrogen-bond donors (Lipinski definition) is 0. The van der Waals surface area contributed by atoms with Gasteiger partial charge >= 0.3 is 10.3 Å². The van der Waals surface area contributed by atoms with Crippen LogP contribution in [0.5, 0.6) is 5.75 Å². The molecule has 1 atom stereocenters. The van der Waals surface area contributed by atoms with E-state index in [1.165, 1.54) is 4.31 Å². The van der Waals surface area contributed by atoms with Crippen molar-refractivity contribution in [2.75, 3.05) is 18.1 Å². The molecule has 1 fully saturated rings. The lowest BCUT2D eigenvalue weighted by molar-refractivity contribution is 0.321. The first kappa shape index (κ1) is 13.6. The summed E-state index contributed by atoms with van der Waals surface area (Å²) in [6.07, 6.45) is 0. The van der Waals surface area contributed by atoms with E-state index in [0.717, 1.165) is 16.8 Å². The van der Waals surface area contributed by atoms with Gasteiger partial charge < -0.3 is 9.08 Å². The maximum Gasteiger partial charge on any atom is 0.387 e. The van der Waals surface area contributed by atoms with Crippen molar-refractivity contribution < 1.29 is 12.6 Å². The van der Waals surface area contributed by atoms with Gasteiger partial charge in [0.15, 0.2) is 0 Å². The van der Waals surface area contributed by atoms with Gasteiger partial charge in [-0.2, -0.15) is 8.42 Å². The van der Waals surface area contributed by atoms with E-state index in [9.17, 15) is 8.42 Å². The fourth-order valence-corrected chi connectivity index (χ4v) is 4.46. The summed E-state index contributed by atoms with van der Waals surface area (Å²) in [5, 5.41) is 0. The van der Waals surface area contributed by atoms with Crippen molar-refractivity contribution in [1.82, 2.24) is 4.31 Å². The van der Waals surface area contributed by atoms with Crippen molar-refractivity contribution in [2.24, 2.45) is 0 Å². The molecule has 2 aliphatic heterocycles. The molecule has 6 heteroatoms. The van der Waals surface area contributed by atoms with Gasteiger partial charge in [0.2, 0.25) is 0 Å². The Balaban J connectivity index is 1.80. The fourth-order valence-electron chi connectivity index (χ4n) is 3.23. The largest absolute Gasteiger partial charge is 0.387 e. The Hall–Kier alpha value is -2.05. The van der Waals surface area contributed by atoms with E-state index in [1.807, 2.05) is 49.4 Å². The first-order valence-electron chi connectivity index (χ1n) is 7.17. The lowest BCUT2D eigenvalue weighted by Gasteiger charge is -2.30. The van der Waals surface area contributed by atoms with Crippen molar-refractivity contribution in [3.05, 3.63) is 59.7 Å². The van der Waals surface area contributed by atoms with E-state index in [0.29, 0.717) is 19.0 Å². The summed E-state index contributed by atoms with van der Waals surface area (Å²) in [6, 6.07) is 15.2. The molecule has 2 aromatic rings. The van der Waals surface area contributed by atoms with Crippen molar-refractivity contribution in [1.29, 1.82) is 0 Å². The zero-order valence-electron chi connectivity index (χ0n) is 12.1. The van der Waals surface area contributed by atoms with E-state index >= 15 is 0 Å². The third-order valence-corrected chi connectivity index (χ3v) is 5.61. The molecule has 0 amide bonds. The molecule has 0 N–H and O–H groups in total. The first-order chi connectivity index (χ1) is 10.6. The molecule has 2 heterocycles. The average molecular weight is 316 g/mol. The van der Waals surface area contributed by atoms with Gasteiger partial charge in [0.05, 0.1) is 12.7 Å². The normalized spacial score (nSPS) is 22.8. The second kappa shape index (κ2) is 4.72. The monoisotopic (exact) mass is 316 g/mol. The van der Waals surface area contributed by atoms with Gasteiger partial charge in [-0.25, -0.2) is 0 Å². The highest BCUT2D eigenvalue weighted by Crippen LogP contribution is 2.43. The van der Waals surface area contributed by atoms with Crippen molar-refractivity contribution in [3.63, 3.8) is 0 Å². The van der Waals surface area contributed by atoms with Crippen LogP contribution >= 0.6 is 0 Å². The maximum atomic E-state index is 12.4. The molecule has 5 nitrogen and oxygen atoms in total. The fraction of sp³-hybridized carbons (Fsp3) is 0.250. The van der Waals surface area contributed by atoms with Crippen molar-refractivity contribution >= 4 is 16.0 Å². The summed E-state index contributed by atoms with van der Waals surface area (Å²) >= 11 is 0. The number of anilines is 1. The van der Waals surface area contributed by atoms with Gasteiger partial charge in [0.25, 0.3) is 0 Å². The Bertz CT molecular complexity index is 821. The molecule has 0 radical (unpaired) electrons. The van der Waals surface area contributed by atoms with E-state index in [4.69, 9.17) is 4.18 Å². The van der Waals surface area contributed by atoms with Gasteiger partial charge in [0.1, 0.15) is 5.75 Å². The van der Waals surface area contributed by atoms with Gasteiger partial charge in [-0.3, -0.25) is 0 Å². The molecule has 22 heavy (non-hydrogen) atoms. The Morgan fingerprint density at radius 3 is 2.64 bits per heavy atom. The number of nitrogens with zero attached hydrogens (tertiary/aromatic N) is 2. The Kier molecular flexibility index (Phi) is 2.92. The molecule has 0 aromatic heterocycles. The van der Waals surface area contributed by atoms with Crippen LogP contribution in [0.25, 0.3) is 0 Å². The summed E-state index contributed by atoms with van der Waals surface area (Å²) in [4.78, 5) is 2.06. The predicted molar refractivity (Wildman–Crippen MR) is 84.0 cm³/mol. The van der Waals surface area contributed by atoms with Gasteiger partial charge in [-0.15, -0.1) is 4.31 Å². The minimum absolute atomic E-state index is 0.199. The highest BCUT2D eigenvalue weighted by Gasteiger charge is 2.46. The molecule has 2 aromatic carbocycles. The highest BCUT2D eigenvalue weighted by molar-refractivity contribution is 7.84. The number of rotatable bonds is 1. The van der Waals surface area contributed by atoms with Crippen LogP contribution in [0.15, 0.2) is 48.5 Å². The van der Waals surface area contributed by atoms with Gasteiger partial charge in [-0.1, -0.05) is 30.3 Å². The third kappa shape index (κ3) is 1.99. The van der Waals surface area contributed by atoms with Crippen LogP contribution in [-0.4, -0.2) is 25.9 Å². The topological polar surface area (TPSA) is 49.9 Å². The Morgan fingerprint density at radius 2 is 1.86 bits per heavy atom. The number of benzene rings is 2. The van der Waals surface area contributed by atoms with Crippen LogP contribution in [0.1, 0.15) is 17.2 Å². The summed E-state index contributed by atoms with van der Waals surface area (Å²) in [6.45, 7) is 2.93. The Morgan fingerprint density at radius 1 is 1.09 bits per heavy atom. The standard InChI is InChI=1S/C16H16N2O3S/c1-12-6-5-9-15-16(12)14-10-17(13-7-3-2-4-8-13)11-18(14)22(19,20)21-15/h2-9,14H,10-11H2,1H3/t14-/m0/s1. The molecular formula is C16H16N2O3S. The molecular weight excluding hydrogens is 300 g/mol. The minimum Gasteiger partial charge on any atom is -0.370 e. The molecule has 114 valence electrons. The number of hydrogen-bond acceptors (Lipinski definition) is 4. The SMILES string of the molecule is Cc1cccc2c1[C@@H]1CN(c3ccccc3)CN1S(=O)(=O)O2. The van der Waals surface area contributed by atoms with Gasteiger partial charge in [-0.05, 0) is 30.7 Å². The molecule has 2 aliphatic rings. The van der Waals surface area contributed by atoms with E-state index < -0.39 is 10.3 Å². The van der Waals surface area contributed by atoms with E-state index in [-0.39, 0.29) is 6.04 Å². The van der Waals surface area contributed by atoms with Crippen molar-refractivity contribution in [2.45, 2.75) is 13.0 Å². The molecule has 1 saturated heterocycles. The second-order valence-corrected chi connectivity index (χ2v) is 7.12. The first-order valence-corrected chi connectivity index (χ1v) is 8.53. The maximum absolute atomic E-state index is 12.4. The van der Waals surface area contributed by atoms with Crippen LogP contribution in [-0.2, 0) is 10.3 Å². The molecule has 0 saturated carbocycles. The van der Waals surface area contributed by atoms with Crippen LogP contribution in [0.2, 0.25) is 0 Å². The average Bonchev–Trinajstić information content (AvgIpc) is 2.94. The van der Waals surface area contributed by atoms with Crippen LogP contribution in [0.4, 0.5) is 5.69 Å². The number of fused-ring (bicyclic) bond motifs is 3. The third-order valence-electron chi connectivity index (χ3n) is 4.27. The highest BCUT2D eigenvalue weighted by atomic mass is 32.2. The molecule has 0 unspecified atom stereocenters. The predicted octanol–water partition coefficient (Wildman–Crippen LogP) is 2.45.